The third-order valence-corrected chi connectivity index (χ3v) is 3.90. The molecular weight excluding hydrogens is 409 g/mol. The molecule has 22 heavy (non-hydrogen) atoms. The van der Waals surface area contributed by atoms with Crippen molar-refractivity contribution >= 4 is 41.3 Å². The van der Waals surface area contributed by atoms with Crippen LogP contribution in [0.15, 0.2) is 40.5 Å². The molecule has 2 aromatic heterocycles. The van der Waals surface area contributed by atoms with Crippen molar-refractivity contribution in [2.24, 2.45) is 4.99 Å². The highest BCUT2D eigenvalue weighted by atomic mass is 127. The lowest BCUT2D eigenvalue weighted by atomic mass is 10.1. The Hall–Kier alpha value is -1.09. The second kappa shape index (κ2) is 10.6. The van der Waals surface area contributed by atoms with Crippen LogP contribution in [0.4, 0.5) is 0 Å². The number of aromatic nitrogens is 2. The van der Waals surface area contributed by atoms with Gasteiger partial charge in [0.2, 0.25) is 0 Å². The molecule has 7 heteroatoms. The summed E-state index contributed by atoms with van der Waals surface area (Å²) in [6.07, 6.45) is 5.58. The van der Waals surface area contributed by atoms with Crippen LogP contribution in [0, 0.1) is 0 Å². The Morgan fingerprint density at radius 2 is 2.32 bits per heavy atom. The molecule has 0 radical (unpaired) electrons. The van der Waals surface area contributed by atoms with Crippen molar-refractivity contribution in [3.05, 3.63) is 41.1 Å². The molecule has 0 spiro atoms. The molecule has 0 saturated heterocycles. The van der Waals surface area contributed by atoms with Crippen LogP contribution >= 0.6 is 35.3 Å². The van der Waals surface area contributed by atoms with E-state index in [2.05, 4.69) is 51.3 Å². The molecule has 0 bridgehead atoms. The summed E-state index contributed by atoms with van der Waals surface area (Å²) in [6.45, 7) is 7.65. The van der Waals surface area contributed by atoms with Crippen molar-refractivity contribution < 1.29 is 0 Å². The second-order valence-corrected chi connectivity index (χ2v) is 5.68. The van der Waals surface area contributed by atoms with Crippen LogP contribution in [0.25, 0.3) is 0 Å². The molecule has 0 fully saturated rings. The number of imidazole rings is 1. The van der Waals surface area contributed by atoms with Gasteiger partial charge in [-0.2, -0.15) is 11.3 Å². The average molecular weight is 433 g/mol. The fourth-order valence-electron chi connectivity index (χ4n) is 1.95. The summed E-state index contributed by atoms with van der Waals surface area (Å²) >= 11 is 1.74. The summed E-state index contributed by atoms with van der Waals surface area (Å²) in [7, 11) is 0. The minimum atomic E-state index is 0. The first-order valence-corrected chi connectivity index (χ1v) is 8.24. The minimum Gasteiger partial charge on any atom is -0.357 e. The number of hydrogen-bond acceptors (Lipinski definition) is 3. The molecule has 1 unspecified atom stereocenters. The second-order valence-electron chi connectivity index (χ2n) is 4.90. The summed E-state index contributed by atoms with van der Waals surface area (Å²) in [6, 6.07) is 2.17. The summed E-state index contributed by atoms with van der Waals surface area (Å²) in [4.78, 5) is 8.70. The summed E-state index contributed by atoms with van der Waals surface area (Å²) in [5.74, 6) is 1.32. The molecule has 122 valence electrons. The first-order chi connectivity index (χ1) is 10.3. The van der Waals surface area contributed by atoms with Gasteiger partial charge in [-0.15, -0.1) is 24.0 Å². The largest absolute Gasteiger partial charge is 0.357 e. The lowest BCUT2D eigenvalue weighted by molar-refractivity contribution is 0.659. The van der Waals surface area contributed by atoms with Crippen molar-refractivity contribution in [1.29, 1.82) is 0 Å². The average Bonchev–Trinajstić information content (AvgIpc) is 3.17. The van der Waals surface area contributed by atoms with Gasteiger partial charge in [-0.25, -0.2) is 4.98 Å². The maximum absolute atomic E-state index is 4.66. The molecule has 0 aliphatic heterocycles. The van der Waals surface area contributed by atoms with Gasteiger partial charge in [-0.05, 0) is 29.3 Å². The Labute approximate surface area is 153 Å². The maximum Gasteiger partial charge on any atom is 0.191 e. The molecular formula is C15H24IN5S. The molecule has 2 heterocycles. The van der Waals surface area contributed by atoms with Crippen molar-refractivity contribution in [2.75, 3.05) is 19.6 Å². The van der Waals surface area contributed by atoms with Crippen molar-refractivity contribution in [3.63, 3.8) is 0 Å². The highest BCUT2D eigenvalue weighted by molar-refractivity contribution is 14.0. The van der Waals surface area contributed by atoms with Gasteiger partial charge in [0.05, 0.1) is 6.33 Å². The van der Waals surface area contributed by atoms with Crippen LogP contribution in [-0.4, -0.2) is 35.1 Å². The maximum atomic E-state index is 4.66. The van der Waals surface area contributed by atoms with Gasteiger partial charge in [0.25, 0.3) is 0 Å². The van der Waals surface area contributed by atoms with Crippen LogP contribution in [0.1, 0.15) is 25.3 Å². The number of hydrogen-bond donors (Lipinski definition) is 2. The van der Waals surface area contributed by atoms with E-state index < -0.39 is 0 Å². The van der Waals surface area contributed by atoms with E-state index in [4.69, 9.17) is 0 Å². The molecule has 2 N–H and O–H groups in total. The Morgan fingerprint density at radius 3 is 2.95 bits per heavy atom. The molecule has 2 rings (SSSR count). The van der Waals surface area contributed by atoms with Crippen LogP contribution in [0.2, 0.25) is 0 Å². The van der Waals surface area contributed by atoms with E-state index in [9.17, 15) is 0 Å². The number of halogens is 1. The van der Waals surface area contributed by atoms with E-state index in [1.54, 1.807) is 17.5 Å². The molecule has 1 atom stereocenters. The topological polar surface area (TPSA) is 54.2 Å². The number of guanidine groups is 1. The third kappa shape index (κ3) is 6.35. The molecule has 0 aliphatic rings. The van der Waals surface area contributed by atoms with Gasteiger partial charge in [0.1, 0.15) is 0 Å². The van der Waals surface area contributed by atoms with E-state index in [1.165, 1.54) is 5.56 Å². The van der Waals surface area contributed by atoms with Gasteiger partial charge in [-0.3, -0.25) is 4.99 Å². The number of aliphatic imine (C=N–C) groups is 1. The Balaban J connectivity index is 0.00000242. The minimum absolute atomic E-state index is 0. The molecule has 2 aromatic rings. The highest BCUT2D eigenvalue weighted by Gasteiger charge is 2.05. The molecule has 0 aromatic carbocycles. The van der Waals surface area contributed by atoms with E-state index in [1.807, 2.05) is 17.1 Å². The first-order valence-electron chi connectivity index (χ1n) is 7.29. The normalized spacial score (nSPS) is 12.5. The Kier molecular flexibility index (Phi) is 9.14. The lowest BCUT2D eigenvalue weighted by Crippen LogP contribution is -2.39. The fourth-order valence-corrected chi connectivity index (χ4v) is 2.74. The summed E-state index contributed by atoms with van der Waals surface area (Å²) in [5, 5.41) is 10.9. The zero-order valence-electron chi connectivity index (χ0n) is 13.0. The van der Waals surface area contributed by atoms with E-state index in [-0.39, 0.29) is 24.0 Å². The standard InChI is InChI=1S/C15H23N5S.HI/c1-3-17-15(18-6-8-20-7-5-16-12-20)19-10-13(2)14-4-9-21-11-14;/h4-5,7,9,11-13H,3,6,8,10H2,1-2H3,(H2,17,18,19);1H. The fraction of sp³-hybridized carbons (Fsp3) is 0.467. The van der Waals surface area contributed by atoms with Crippen LogP contribution < -0.4 is 10.6 Å². The quantitative estimate of drug-likeness (QED) is 0.401. The summed E-state index contributed by atoms with van der Waals surface area (Å²) in [5.41, 5.74) is 1.36. The Bertz CT molecular complexity index is 524. The Morgan fingerprint density at radius 1 is 1.45 bits per heavy atom. The van der Waals surface area contributed by atoms with Gasteiger partial charge < -0.3 is 15.2 Å². The number of thiophene rings is 1. The van der Waals surface area contributed by atoms with Crippen LogP contribution in [0.3, 0.4) is 0 Å². The SMILES string of the molecule is CCNC(=NCC(C)c1ccsc1)NCCn1ccnc1.I. The van der Waals surface area contributed by atoms with Crippen molar-refractivity contribution in [2.45, 2.75) is 26.3 Å². The van der Waals surface area contributed by atoms with Crippen molar-refractivity contribution in [3.8, 4) is 0 Å². The van der Waals surface area contributed by atoms with E-state index in [0.717, 1.165) is 32.1 Å². The zero-order valence-corrected chi connectivity index (χ0v) is 16.2. The predicted octanol–water partition coefficient (Wildman–Crippen LogP) is 2.92. The van der Waals surface area contributed by atoms with Crippen LogP contribution in [0.5, 0.6) is 0 Å². The molecule has 0 amide bonds. The van der Waals surface area contributed by atoms with Crippen LogP contribution in [-0.2, 0) is 6.54 Å². The number of rotatable bonds is 7. The van der Waals surface area contributed by atoms with Gasteiger partial charge in [-0.1, -0.05) is 6.92 Å². The third-order valence-electron chi connectivity index (χ3n) is 3.20. The molecule has 0 saturated carbocycles. The predicted molar refractivity (Wildman–Crippen MR) is 104 cm³/mol. The van der Waals surface area contributed by atoms with Gasteiger partial charge in [0.15, 0.2) is 5.96 Å². The molecule has 5 nitrogen and oxygen atoms in total. The van der Waals surface area contributed by atoms with E-state index in [0.29, 0.717) is 5.92 Å². The van der Waals surface area contributed by atoms with E-state index >= 15 is 0 Å². The van der Waals surface area contributed by atoms with Gasteiger partial charge >= 0.3 is 0 Å². The highest BCUT2D eigenvalue weighted by Crippen LogP contribution is 2.18. The number of nitrogens with zero attached hydrogens (tertiary/aromatic N) is 3. The molecule has 0 aliphatic carbocycles. The monoisotopic (exact) mass is 433 g/mol. The smallest absolute Gasteiger partial charge is 0.191 e. The number of nitrogens with one attached hydrogen (secondary N) is 2. The van der Waals surface area contributed by atoms with Crippen molar-refractivity contribution in [1.82, 2.24) is 20.2 Å². The first kappa shape index (κ1) is 19.0. The zero-order chi connectivity index (χ0) is 14.9. The summed E-state index contributed by atoms with van der Waals surface area (Å²) < 4.78 is 2.05. The van der Waals surface area contributed by atoms with Gasteiger partial charge in [0, 0.05) is 44.5 Å². The lowest BCUT2D eigenvalue weighted by Gasteiger charge is -2.13.